The van der Waals surface area contributed by atoms with E-state index >= 15 is 0 Å². The molecule has 1 aromatic carbocycles. The van der Waals surface area contributed by atoms with Crippen LogP contribution in [-0.4, -0.2) is 27.1 Å². The molecule has 0 spiro atoms. The molecule has 6 heteroatoms. The number of aromatic nitrogens is 3. The third-order valence-corrected chi connectivity index (χ3v) is 3.38. The zero-order chi connectivity index (χ0) is 14.8. The largest absolute Gasteiger partial charge is 0.327 e. The molecule has 1 saturated carbocycles. The first-order chi connectivity index (χ1) is 10.1. The van der Waals surface area contributed by atoms with E-state index in [0.717, 1.165) is 17.1 Å². The maximum atomic E-state index is 11.7. The number of carbonyl (C=O) groups excluding carboxylic acids is 1. The van der Waals surface area contributed by atoms with Crippen molar-refractivity contribution >= 4 is 11.6 Å². The minimum atomic E-state index is -0.151. The molecule has 1 amide bonds. The number of nitrogens with two attached hydrogens (primary N) is 1. The molecule has 1 unspecified atom stereocenters. The summed E-state index contributed by atoms with van der Waals surface area (Å²) >= 11 is 0. The quantitative estimate of drug-likeness (QED) is 0.783. The number of nitrogens with zero attached hydrogens (tertiary/aromatic N) is 2. The van der Waals surface area contributed by atoms with Gasteiger partial charge in [-0.1, -0.05) is 12.1 Å². The molecule has 1 aliphatic rings. The lowest BCUT2D eigenvalue weighted by Crippen LogP contribution is -2.23. The van der Waals surface area contributed by atoms with Crippen molar-refractivity contribution in [3.63, 3.8) is 0 Å². The van der Waals surface area contributed by atoms with Crippen LogP contribution >= 0.6 is 0 Å². The molecule has 6 nitrogen and oxygen atoms in total. The second kappa shape index (κ2) is 5.65. The van der Waals surface area contributed by atoms with Crippen molar-refractivity contribution in [2.24, 2.45) is 5.73 Å². The van der Waals surface area contributed by atoms with Gasteiger partial charge in [0.05, 0.1) is 0 Å². The summed E-state index contributed by atoms with van der Waals surface area (Å²) in [5, 5.41) is 10.1. The molecule has 1 aromatic heterocycles. The fourth-order valence-corrected chi connectivity index (χ4v) is 2.18. The van der Waals surface area contributed by atoms with Crippen molar-refractivity contribution in [2.75, 3.05) is 5.32 Å². The second-order valence-electron chi connectivity index (χ2n) is 5.63. The molecule has 1 fully saturated rings. The Morgan fingerprint density at radius 1 is 1.52 bits per heavy atom. The minimum absolute atomic E-state index is 0.0872. The van der Waals surface area contributed by atoms with Gasteiger partial charge < -0.3 is 11.1 Å². The highest BCUT2D eigenvalue weighted by Crippen LogP contribution is 2.38. The van der Waals surface area contributed by atoms with Gasteiger partial charge in [-0.25, -0.2) is 4.98 Å². The first kappa shape index (κ1) is 13.8. The van der Waals surface area contributed by atoms with Gasteiger partial charge in [0.25, 0.3) is 0 Å². The van der Waals surface area contributed by atoms with Crippen LogP contribution < -0.4 is 11.1 Å². The van der Waals surface area contributed by atoms with Crippen molar-refractivity contribution in [1.29, 1.82) is 0 Å². The van der Waals surface area contributed by atoms with Crippen LogP contribution in [0.2, 0.25) is 0 Å². The van der Waals surface area contributed by atoms with Gasteiger partial charge >= 0.3 is 0 Å². The fraction of sp³-hybridized carbons (Fsp3) is 0.400. The lowest BCUT2D eigenvalue weighted by molar-refractivity contribution is -0.116. The molecular weight excluding hydrogens is 266 g/mol. The Hall–Kier alpha value is -2.21. The number of anilines is 1. The van der Waals surface area contributed by atoms with E-state index in [2.05, 4.69) is 20.5 Å². The number of benzene rings is 1. The Kier molecular flexibility index (Phi) is 3.70. The standard InChI is InChI=1S/C15H19N5O/c1-9(16)7-13(21)17-12-4-2-3-11(8-12)15-18-14(19-20-15)10-5-6-10/h2-4,8-10H,5-7,16H2,1H3,(H,17,21)(H,18,19,20). The van der Waals surface area contributed by atoms with E-state index in [-0.39, 0.29) is 11.9 Å². The number of aromatic amines is 1. The molecule has 1 atom stereocenters. The first-order valence-corrected chi connectivity index (χ1v) is 7.20. The van der Waals surface area contributed by atoms with Crippen molar-refractivity contribution in [3.8, 4) is 11.4 Å². The topological polar surface area (TPSA) is 96.7 Å². The number of hydrogen-bond donors (Lipinski definition) is 3. The normalized spacial score (nSPS) is 15.7. The summed E-state index contributed by atoms with van der Waals surface area (Å²) in [6.45, 7) is 1.81. The second-order valence-corrected chi connectivity index (χ2v) is 5.63. The maximum Gasteiger partial charge on any atom is 0.225 e. The van der Waals surface area contributed by atoms with Gasteiger partial charge in [-0.2, -0.15) is 5.10 Å². The summed E-state index contributed by atoms with van der Waals surface area (Å²) in [7, 11) is 0. The van der Waals surface area contributed by atoms with E-state index < -0.39 is 0 Å². The molecular formula is C15H19N5O. The van der Waals surface area contributed by atoms with Gasteiger partial charge in [0.15, 0.2) is 5.82 Å². The van der Waals surface area contributed by atoms with Gasteiger partial charge in [0.1, 0.15) is 5.82 Å². The molecule has 21 heavy (non-hydrogen) atoms. The lowest BCUT2D eigenvalue weighted by atomic mass is 10.2. The summed E-state index contributed by atoms with van der Waals surface area (Å²) in [5.74, 6) is 2.08. The van der Waals surface area contributed by atoms with Gasteiger partial charge in [-0.05, 0) is 31.9 Å². The number of hydrogen-bond acceptors (Lipinski definition) is 4. The molecule has 2 aromatic rings. The molecule has 0 radical (unpaired) electrons. The summed E-state index contributed by atoms with van der Waals surface area (Å²) in [5.41, 5.74) is 7.24. The maximum absolute atomic E-state index is 11.7. The highest BCUT2D eigenvalue weighted by Gasteiger charge is 2.27. The van der Waals surface area contributed by atoms with Crippen LogP contribution in [0.1, 0.15) is 37.9 Å². The third-order valence-electron chi connectivity index (χ3n) is 3.38. The average molecular weight is 285 g/mol. The molecule has 4 N–H and O–H groups in total. The van der Waals surface area contributed by atoms with E-state index in [0.29, 0.717) is 18.2 Å². The smallest absolute Gasteiger partial charge is 0.225 e. The monoisotopic (exact) mass is 285 g/mol. The average Bonchev–Trinajstić information content (AvgIpc) is 3.16. The van der Waals surface area contributed by atoms with Gasteiger partial charge in [-0.15, -0.1) is 0 Å². The van der Waals surface area contributed by atoms with E-state index in [4.69, 9.17) is 5.73 Å². The summed E-state index contributed by atoms with van der Waals surface area (Å²) in [4.78, 5) is 16.3. The molecule has 0 aliphatic heterocycles. The summed E-state index contributed by atoms with van der Waals surface area (Å²) in [6.07, 6.45) is 2.67. The summed E-state index contributed by atoms with van der Waals surface area (Å²) in [6, 6.07) is 7.38. The van der Waals surface area contributed by atoms with Crippen LogP contribution in [0.15, 0.2) is 24.3 Å². The zero-order valence-corrected chi connectivity index (χ0v) is 12.0. The van der Waals surface area contributed by atoms with Crippen molar-refractivity contribution in [1.82, 2.24) is 15.2 Å². The predicted molar refractivity (Wildman–Crippen MR) is 80.7 cm³/mol. The van der Waals surface area contributed by atoms with Crippen molar-refractivity contribution in [2.45, 2.75) is 38.1 Å². The predicted octanol–water partition coefficient (Wildman–Crippen LogP) is 2.02. The molecule has 1 heterocycles. The van der Waals surface area contributed by atoms with Crippen LogP contribution in [0.5, 0.6) is 0 Å². The fourth-order valence-electron chi connectivity index (χ4n) is 2.18. The Morgan fingerprint density at radius 3 is 3.05 bits per heavy atom. The Bertz CT molecular complexity index is 645. The number of nitrogens with one attached hydrogen (secondary N) is 2. The Morgan fingerprint density at radius 2 is 2.33 bits per heavy atom. The highest BCUT2D eigenvalue weighted by molar-refractivity contribution is 5.91. The van der Waals surface area contributed by atoms with E-state index in [9.17, 15) is 4.79 Å². The van der Waals surface area contributed by atoms with Gasteiger partial charge in [0, 0.05) is 29.6 Å². The molecule has 3 rings (SSSR count). The van der Waals surface area contributed by atoms with Crippen LogP contribution in [0.25, 0.3) is 11.4 Å². The summed E-state index contributed by atoms with van der Waals surface area (Å²) < 4.78 is 0. The number of carbonyl (C=O) groups is 1. The van der Waals surface area contributed by atoms with E-state index in [1.54, 1.807) is 0 Å². The molecule has 1 aliphatic carbocycles. The van der Waals surface area contributed by atoms with E-state index in [1.807, 2.05) is 31.2 Å². The first-order valence-electron chi connectivity index (χ1n) is 7.20. The van der Waals surface area contributed by atoms with Crippen molar-refractivity contribution in [3.05, 3.63) is 30.1 Å². The van der Waals surface area contributed by atoms with Crippen molar-refractivity contribution < 1.29 is 4.79 Å². The molecule has 0 bridgehead atoms. The highest BCUT2D eigenvalue weighted by atomic mass is 16.1. The Labute approximate surface area is 123 Å². The SMILES string of the molecule is CC(N)CC(=O)Nc1cccc(-c2n[nH]c(C3CC3)n2)c1. The number of amides is 1. The Balaban J connectivity index is 1.74. The number of rotatable bonds is 5. The molecule has 110 valence electrons. The van der Waals surface area contributed by atoms with Gasteiger partial charge in [0.2, 0.25) is 5.91 Å². The van der Waals surface area contributed by atoms with Gasteiger partial charge in [-0.3, -0.25) is 9.89 Å². The third kappa shape index (κ3) is 3.46. The number of H-pyrrole nitrogens is 1. The zero-order valence-electron chi connectivity index (χ0n) is 12.0. The lowest BCUT2D eigenvalue weighted by Gasteiger charge is -2.07. The van der Waals surface area contributed by atoms with Crippen LogP contribution in [0.3, 0.4) is 0 Å². The van der Waals surface area contributed by atoms with E-state index in [1.165, 1.54) is 12.8 Å². The molecule has 0 saturated heterocycles. The minimum Gasteiger partial charge on any atom is -0.327 e. The van der Waals surface area contributed by atoms with Crippen LogP contribution in [0.4, 0.5) is 5.69 Å². The van der Waals surface area contributed by atoms with Crippen LogP contribution in [0, 0.1) is 0 Å². The van der Waals surface area contributed by atoms with Crippen LogP contribution in [-0.2, 0) is 4.79 Å².